The summed E-state index contributed by atoms with van der Waals surface area (Å²) in [4.78, 5) is 12.1. The van der Waals surface area contributed by atoms with E-state index >= 15 is 0 Å². The van der Waals surface area contributed by atoms with Gasteiger partial charge in [-0.05, 0) is 50.1 Å². The summed E-state index contributed by atoms with van der Waals surface area (Å²) in [6, 6.07) is 7.83. The summed E-state index contributed by atoms with van der Waals surface area (Å²) in [6.45, 7) is 1.93. The molecule has 1 aliphatic rings. The first-order valence-electron chi connectivity index (χ1n) is 7.54. The fourth-order valence-electron chi connectivity index (χ4n) is 2.74. The zero-order valence-electron chi connectivity index (χ0n) is 12.8. The molecule has 0 saturated heterocycles. The lowest BCUT2D eigenvalue weighted by Gasteiger charge is -2.28. The van der Waals surface area contributed by atoms with Crippen molar-refractivity contribution in [1.29, 1.82) is 0 Å². The highest BCUT2D eigenvalue weighted by molar-refractivity contribution is 7.99. The number of anilines is 1. The fraction of sp³-hybridized carbons (Fsp3) is 0.562. The number of rotatable bonds is 4. The minimum absolute atomic E-state index is 0.0320. The van der Waals surface area contributed by atoms with E-state index in [1.165, 1.54) is 12.8 Å². The van der Waals surface area contributed by atoms with Crippen LogP contribution in [0.1, 0.15) is 44.2 Å². The van der Waals surface area contributed by atoms with E-state index in [1.54, 1.807) is 0 Å². The van der Waals surface area contributed by atoms with Crippen LogP contribution in [-0.4, -0.2) is 23.6 Å². The van der Waals surface area contributed by atoms with Crippen LogP contribution in [0.5, 0.6) is 0 Å². The molecule has 21 heavy (non-hydrogen) atoms. The Labute approximate surface area is 131 Å². The van der Waals surface area contributed by atoms with Gasteiger partial charge in [0.1, 0.15) is 0 Å². The molecular weight excluding hydrogens is 282 g/mol. The van der Waals surface area contributed by atoms with Crippen LogP contribution in [0.3, 0.4) is 0 Å². The highest BCUT2D eigenvalue weighted by Gasteiger charge is 2.22. The van der Waals surface area contributed by atoms with Crippen molar-refractivity contribution in [1.82, 2.24) is 5.32 Å². The molecule has 0 bridgehead atoms. The van der Waals surface area contributed by atoms with Gasteiger partial charge in [-0.2, -0.15) is 11.8 Å². The molecular formula is C16H25N3OS. The molecule has 4 N–H and O–H groups in total. The maximum absolute atomic E-state index is 12.1. The number of urea groups is 1. The van der Waals surface area contributed by atoms with Gasteiger partial charge >= 0.3 is 6.03 Å². The van der Waals surface area contributed by atoms with Crippen LogP contribution < -0.4 is 16.4 Å². The zero-order chi connectivity index (χ0) is 15.2. The topological polar surface area (TPSA) is 67.2 Å². The van der Waals surface area contributed by atoms with E-state index in [4.69, 9.17) is 5.73 Å². The molecule has 0 aromatic heterocycles. The molecule has 0 spiro atoms. The molecule has 116 valence electrons. The van der Waals surface area contributed by atoms with Crippen molar-refractivity contribution in [2.24, 2.45) is 5.73 Å². The van der Waals surface area contributed by atoms with Crippen molar-refractivity contribution < 1.29 is 4.79 Å². The van der Waals surface area contributed by atoms with Gasteiger partial charge < -0.3 is 16.4 Å². The summed E-state index contributed by atoms with van der Waals surface area (Å²) in [5.41, 5.74) is 7.68. The van der Waals surface area contributed by atoms with Crippen LogP contribution in [0.25, 0.3) is 0 Å². The third-order valence-electron chi connectivity index (χ3n) is 3.96. The number of hydrogen-bond acceptors (Lipinski definition) is 3. The number of carbonyl (C=O) groups excluding carboxylic acids is 1. The lowest BCUT2D eigenvalue weighted by Crippen LogP contribution is -2.41. The molecule has 2 rings (SSSR count). The quantitative estimate of drug-likeness (QED) is 0.797. The predicted molar refractivity (Wildman–Crippen MR) is 90.8 cm³/mol. The number of hydrogen-bond donors (Lipinski definition) is 3. The van der Waals surface area contributed by atoms with Crippen molar-refractivity contribution in [2.75, 3.05) is 11.6 Å². The number of nitrogens with two attached hydrogens (primary N) is 1. The first-order valence-corrected chi connectivity index (χ1v) is 8.83. The number of benzene rings is 1. The minimum atomic E-state index is -0.122. The first-order chi connectivity index (χ1) is 10.1. The van der Waals surface area contributed by atoms with E-state index in [2.05, 4.69) is 16.9 Å². The van der Waals surface area contributed by atoms with E-state index in [0.29, 0.717) is 5.25 Å². The lowest BCUT2D eigenvalue weighted by molar-refractivity contribution is 0.244. The fourth-order valence-corrected chi connectivity index (χ4v) is 3.57. The Bertz CT molecular complexity index is 478. The molecule has 0 aliphatic heterocycles. The largest absolute Gasteiger partial charge is 0.335 e. The molecule has 0 heterocycles. The summed E-state index contributed by atoms with van der Waals surface area (Å²) in [6.07, 6.45) is 6.74. The van der Waals surface area contributed by atoms with Crippen LogP contribution in [0.2, 0.25) is 0 Å². The van der Waals surface area contributed by atoms with Gasteiger partial charge in [0.05, 0.1) is 0 Å². The predicted octanol–water partition coefficient (Wildman–Crippen LogP) is 3.50. The normalized spacial score (nSPS) is 23.4. The third kappa shape index (κ3) is 4.93. The zero-order valence-corrected chi connectivity index (χ0v) is 13.6. The number of thioether (sulfide) groups is 1. The molecule has 5 heteroatoms. The Hall–Kier alpha value is -1.20. The summed E-state index contributed by atoms with van der Waals surface area (Å²) in [5, 5.41) is 6.66. The van der Waals surface area contributed by atoms with E-state index in [-0.39, 0.29) is 18.1 Å². The molecule has 0 radical (unpaired) electrons. The van der Waals surface area contributed by atoms with Crippen molar-refractivity contribution in [3.8, 4) is 0 Å². The Morgan fingerprint density at radius 2 is 2.24 bits per heavy atom. The van der Waals surface area contributed by atoms with Gasteiger partial charge in [-0.1, -0.05) is 18.6 Å². The van der Waals surface area contributed by atoms with Gasteiger partial charge in [0.25, 0.3) is 0 Å². The molecule has 3 unspecified atom stereocenters. The van der Waals surface area contributed by atoms with Crippen LogP contribution in [0.4, 0.5) is 10.5 Å². The average molecular weight is 307 g/mol. The second-order valence-corrected chi connectivity index (χ2v) is 6.87. The second-order valence-electron chi connectivity index (χ2n) is 5.73. The van der Waals surface area contributed by atoms with Gasteiger partial charge in [0.2, 0.25) is 0 Å². The molecule has 1 aromatic carbocycles. The smallest absolute Gasteiger partial charge is 0.319 e. The number of carbonyl (C=O) groups is 1. The van der Waals surface area contributed by atoms with Crippen molar-refractivity contribution in [3.05, 3.63) is 29.8 Å². The van der Waals surface area contributed by atoms with Crippen molar-refractivity contribution in [3.63, 3.8) is 0 Å². The molecule has 2 amide bonds. The highest BCUT2D eigenvalue weighted by atomic mass is 32.2. The maximum atomic E-state index is 12.1. The molecule has 1 aliphatic carbocycles. The Balaban J connectivity index is 1.88. The summed E-state index contributed by atoms with van der Waals surface area (Å²) >= 11 is 1.90. The Kier molecular flexibility index (Phi) is 5.94. The van der Waals surface area contributed by atoms with E-state index in [1.807, 2.05) is 43.0 Å². The minimum Gasteiger partial charge on any atom is -0.335 e. The second kappa shape index (κ2) is 7.71. The van der Waals surface area contributed by atoms with Gasteiger partial charge in [0, 0.05) is 23.0 Å². The third-order valence-corrected chi connectivity index (χ3v) is 5.06. The molecule has 3 atom stereocenters. The van der Waals surface area contributed by atoms with Crippen LogP contribution in [0.15, 0.2) is 24.3 Å². The Morgan fingerprint density at radius 1 is 1.43 bits per heavy atom. The lowest BCUT2D eigenvalue weighted by atomic mass is 9.95. The average Bonchev–Trinajstić information content (AvgIpc) is 2.47. The van der Waals surface area contributed by atoms with E-state index in [9.17, 15) is 4.79 Å². The van der Waals surface area contributed by atoms with Crippen LogP contribution in [-0.2, 0) is 0 Å². The number of nitrogens with one attached hydrogen (secondary N) is 2. The number of amides is 2. The van der Waals surface area contributed by atoms with Gasteiger partial charge in [-0.25, -0.2) is 4.79 Å². The molecule has 1 aromatic rings. The maximum Gasteiger partial charge on any atom is 0.319 e. The molecule has 4 nitrogen and oxygen atoms in total. The molecule has 1 fully saturated rings. The van der Waals surface area contributed by atoms with Gasteiger partial charge in [0.15, 0.2) is 0 Å². The van der Waals surface area contributed by atoms with Gasteiger partial charge in [-0.15, -0.1) is 0 Å². The monoisotopic (exact) mass is 307 g/mol. The van der Waals surface area contributed by atoms with Gasteiger partial charge in [-0.3, -0.25) is 0 Å². The van der Waals surface area contributed by atoms with Crippen molar-refractivity contribution >= 4 is 23.5 Å². The van der Waals surface area contributed by atoms with Crippen LogP contribution >= 0.6 is 11.8 Å². The summed E-state index contributed by atoms with van der Waals surface area (Å²) < 4.78 is 0. The SMILES string of the molecule is CSC1CCCC(NC(=O)Nc2cccc(C(C)N)c2)C1. The van der Waals surface area contributed by atoms with E-state index < -0.39 is 0 Å². The Morgan fingerprint density at radius 3 is 2.95 bits per heavy atom. The summed E-state index contributed by atoms with van der Waals surface area (Å²) in [7, 11) is 0. The summed E-state index contributed by atoms with van der Waals surface area (Å²) in [5.74, 6) is 0. The van der Waals surface area contributed by atoms with Crippen LogP contribution in [0, 0.1) is 0 Å². The first kappa shape index (κ1) is 16.2. The van der Waals surface area contributed by atoms with E-state index in [0.717, 1.165) is 24.1 Å². The van der Waals surface area contributed by atoms with Crippen molar-refractivity contribution in [2.45, 2.75) is 49.9 Å². The molecule has 1 saturated carbocycles. The highest BCUT2D eigenvalue weighted by Crippen LogP contribution is 2.27. The standard InChI is InChI=1S/C16H25N3OS/c1-11(17)12-5-3-6-13(9-12)18-16(20)19-14-7-4-8-15(10-14)21-2/h3,5-6,9,11,14-15H,4,7-8,10,17H2,1-2H3,(H2,18,19,20).